The van der Waals surface area contributed by atoms with E-state index < -0.39 is 10.9 Å². The van der Waals surface area contributed by atoms with E-state index in [4.69, 9.17) is 9.52 Å². The van der Waals surface area contributed by atoms with Gasteiger partial charge in [-0.1, -0.05) is 22.6 Å². The summed E-state index contributed by atoms with van der Waals surface area (Å²) >= 11 is 0.977. The van der Waals surface area contributed by atoms with Crippen LogP contribution in [0.3, 0.4) is 0 Å². The standard InChI is InChI=1S/C11H5NO5S/c13-10(14)7-4-6(12-17-7)5-2-1-3-8-9(5)16-11(15)18-8/h1-4H,(H,13,14). The number of carboxylic acid groups (broad SMARTS) is 1. The average Bonchev–Trinajstić information content (AvgIpc) is 2.92. The Bertz CT molecular complexity index is 797. The Labute approximate surface area is 103 Å². The van der Waals surface area contributed by atoms with Gasteiger partial charge in [0.2, 0.25) is 5.76 Å². The topological polar surface area (TPSA) is 93.5 Å². The van der Waals surface area contributed by atoms with Crippen molar-refractivity contribution in [3.63, 3.8) is 0 Å². The van der Waals surface area contributed by atoms with Gasteiger partial charge in [0.25, 0.3) is 0 Å². The van der Waals surface area contributed by atoms with Gasteiger partial charge in [-0.15, -0.1) is 0 Å². The van der Waals surface area contributed by atoms with Crippen LogP contribution in [-0.2, 0) is 0 Å². The number of nitrogens with zero attached hydrogens (tertiary/aromatic N) is 1. The molecule has 0 saturated heterocycles. The smallest absolute Gasteiger partial charge is 0.396 e. The Kier molecular flexibility index (Phi) is 2.27. The summed E-state index contributed by atoms with van der Waals surface area (Å²) in [5.74, 6) is -1.47. The summed E-state index contributed by atoms with van der Waals surface area (Å²) in [7, 11) is 0. The van der Waals surface area contributed by atoms with Crippen molar-refractivity contribution in [2.45, 2.75) is 0 Å². The molecule has 0 radical (unpaired) electrons. The summed E-state index contributed by atoms with van der Waals surface area (Å²) in [5.41, 5.74) is 1.24. The minimum absolute atomic E-state index is 0.264. The number of benzene rings is 1. The molecular formula is C11H5NO5S. The first-order valence-corrected chi connectivity index (χ1v) is 5.70. The molecule has 18 heavy (non-hydrogen) atoms. The Morgan fingerprint density at radius 2 is 2.22 bits per heavy atom. The summed E-state index contributed by atoms with van der Waals surface area (Å²) in [6.45, 7) is 0. The molecule has 0 atom stereocenters. The van der Waals surface area contributed by atoms with Crippen molar-refractivity contribution in [1.82, 2.24) is 5.16 Å². The predicted octanol–water partition coefficient (Wildman–Crippen LogP) is 2.21. The summed E-state index contributed by atoms with van der Waals surface area (Å²) in [4.78, 5) is 21.5. The van der Waals surface area contributed by atoms with E-state index in [1.54, 1.807) is 18.2 Å². The Balaban J connectivity index is 2.24. The summed E-state index contributed by atoms with van der Waals surface area (Å²) in [5, 5.41) is 12.4. The zero-order valence-electron chi connectivity index (χ0n) is 8.75. The first-order chi connectivity index (χ1) is 8.65. The van der Waals surface area contributed by atoms with Crippen molar-refractivity contribution < 1.29 is 18.8 Å². The third-order valence-corrected chi connectivity index (χ3v) is 3.15. The largest absolute Gasteiger partial charge is 0.475 e. The second-order valence-electron chi connectivity index (χ2n) is 3.47. The summed E-state index contributed by atoms with van der Waals surface area (Å²) in [6, 6.07) is 6.45. The molecule has 6 nitrogen and oxygen atoms in total. The number of carbonyl (C=O) groups is 1. The van der Waals surface area contributed by atoms with Gasteiger partial charge in [-0.25, -0.2) is 9.59 Å². The molecule has 1 N–H and O–H groups in total. The van der Waals surface area contributed by atoms with E-state index in [2.05, 4.69) is 9.68 Å². The highest BCUT2D eigenvalue weighted by Gasteiger charge is 2.16. The molecule has 7 heteroatoms. The van der Waals surface area contributed by atoms with E-state index in [9.17, 15) is 9.59 Å². The van der Waals surface area contributed by atoms with Gasteiger partial charge in [0, 0.05) is 11.6 Å². The van der Waals surface area contributed by atoms with Crippen LogP contribution in [0.5, 0.6) is 0 Å². The Hall–Kier alpha value is -2.41. The lowest BCUT2D eigenvalue weighted by atomic mass is 10.1. The minimum atomic E-state index is -1.20. The molecule has 0 fully saturated rings. The van der Waals surface area contributed by atoms with Gasteiger partial charge >= 0.3 is 10.9 Å². The lowest BCUT2D eigenvalue weighted by molar-refractivity contribution is 0.0652. The fourth-order valence-electron chi connectivity index (χ4n) is 1.60. The molecule has 0 bridgehead atoms. The molecule has 2 aromatic heterocycles. The zero-order valence-corrected chi connectivity index (χ0v) is 9.56. The molecule has 0 aliphatic heterocycles. The van der Waals surface area contributed by atoms with Crippen molar-refractivity contribution in [2.75, 3.05) is 0 Å². The van der Waals surface area contributed by atoms with Crippen LogP contribution in [0.4, 0.5) is 0 Å². The van der Waals surface area contributed by atoms with Gasteiger partial charge < -0.3 is 14.0 Å². The van der Waals surface area contributed by atoms with E-state index in [1.165, 1.54) is 6.07 Å². The molecule has 90 valence electrons. The SMILES string of the molecule is O=C(O)c1cc(-c2cccc3sc(=O)oc23)no1. The molecule has 0 amide bonds. The van der Waals surface area contributed by atoms with E-state index in [-0.39, 0.29) is 5.76 Å². The number of hydrogen-bond donors (Lipinski definition) is 1. The van der Waals surface area contributed by atoms with Crippen LogP contribution < -0.4 is 4.94 Å². The maximum absolute atomic E-state index is 11.2. The van der Waals surface area contributed by atoms with Gasteiger partial charge in [-0.05, 0) is 12.1 Å². The number of fused-ring (bicyclic) bond motifs is 1. The van der Waals surface area contributed by atoms with Crippen molar-refractivity contribution in [1.29, 1.82) is 0 Å². The highest BCUT2D eigenvalue weighted by Crippen LogP contribution is 2.29. The number of aromatic nitrogens is 1. The lowest BCUT2D eigenvalue weighted by Gasteiger charge is -1.94. The van der Waals surface area contributed by atoms with Gasteiger partial charge in [0.05, 0.1) is 4.70 Å². The highest BCUT2D eigenvalue weighted by atomic mass is 32.1. The van der Waals surface area contributed by atoms with Crippen molar-refractivity contribution in [3.8, 4) is 11.3 Å². The normalized spacial score (nSPS) is 10.9. The van der Waals surface area contributed by atoms with Crippen LogP contribution in [0, 0.1) is 0 Å². The number of para-hydroxylation sites is 1. The van der Waals surface area contributed by atoms with Crippen LogP contribution >= 0.6 is 11.3 Å². The molecule has 2 heterocycles. The lowest BCUT2D eigenvalue weighted by Crippen LogP contribution is -1.91. The quantitative estimate of drug-likeness (QED) is 0.761. The van der Waals surface area contributed by atoms with Crippen molar-refractivity contribution in [2.24, 2.45) is 0 Å². The van der Waals surface area contributed by atoms with Crippen LogP contribution in [0.25, 0.3) is 21.5 Å². The second-order valence-corrected chi connectivity index (χ2v) is 4.45. The first-order valence-electron chi connectivity index (χ1n) is 4.88. The van der Waals surface area contributed by atoms with Gasteiger partial charge in [-0.2, -0.15) is 0 Å². The number of rotatable bonds is 2. The van der Waals surface area contributed by atoms with E-state index in [0.717, 1.165) is 11.3 Å². The molecule has 0 unspecified atom stereocenters. The molecule has 3 aromatic rings. The Morgan fingerprint density at radius 1 is 1.39 bits per heavy atom. The molecule has 0 aliphatic rings. The van der Waals surface area contributed by atoms with Crippen LogP contribution in [0.2, 0.25) is 0 Å². The number of hydrogen-bond acceptors (Lipinski definition) is 6. The molecule has 0 saturated carbocycles. The van der Waals surface area contributed by atoms with E-state index in [1.807, 2.05) is 0 Å². The van der Waals surface area contributed by atoms with E-state index >= 15 is 0 Å². The summed E-state index contributed by atoms with van der Waals surface area (Å²) < 4.78 is 10.4. The molecule has 0 spiro atoms. The van der Waals surface area contributed by atoms with Crippen molar-refractivity contribution >= 4 is 27.6 Å². The summed E-state index contributed by atoms with van der Waals surface area (Å²) in [6.07, 6.45) is 0. The fourth-order valence-corrected chi connectivity index (χ4v) is 2.30. The highest BCUT2D eigenvalue weighted by molar-refractivity contribution is 7.16. The monoisotopic (exact) mass is 263 g/mol. The van der Waals surface area contributed by atoms with Crippen molar-refractivity contribution in [3.05, 3.63) is 39.8 Å². The fraction of sp³-hybridized carbons (Fsp3) is 0. The number of carboxylic acids is 1. The van der Waals surface area contributed by atoms with Crippen LogP contribution in [-0.4, -0.2) is 16.2 Å². The second kappa shape index (κ2) is 3.81. The third-order valence-electron chi connectivity index (χ3n) is 2.35. The average molecular weight is 263 g/mol. The maximum atomic E-state index is 11.2. The van der Waals surface area contributed by atoms with Crippen LogP contribution in [0.15, 0.2) is 38.0 Å². The maximum Gasteiger partial charge on any atom is 0.396 e. The molecule has 0 aliphatic carbocycles. The zero-order chi connectivity index (χ0) is 12.7. The molecular weight excluding hydrogens is 258 g/mol. The molecule has 1 aromatic carbocycles. The molecule has 3 rings (SSSR count). The predicted molar refractivity (Wildman–Crippen MR) is 62.8 cm³/mol. The van der Waals surface area contributed by atoms with Gasteiger partial charge in [0.15, 0.2) is 5.58 Å². The first kappa shape index (κ1) is 10.7. The number of aromatic carboxylic acids is 1. The minimum Gasteiger partial charge on any atom is -0.475 e. The third kappa shape index (κ3) is 1.61. The van der Waals surface area contributed by atoms with Gasteiger partial charge in [-0.3, -0.25) is 0 Å². The Morgan fingerprint density at radius 3 is 2.94 bits per heavy atom. The van der Waals surface area contributed by atoms with E-state index in [0.29, 0.717) is 21.5 Å². The van der Waals surface area contributed by atoms with Crippen LogP contribution in [0.1, 0.15) is 10.6 Å². The van der Waals surface area contributed by atoms with Gasteiger partial charge in [0.1, 0.15) is 5.69 Å².